The number of carbonyl (C=O) groups is 1. The summed E-state index contributed by atoms with van der Waals surface area (Å²) in [7, 11) is 0. The molecule has 2 fully saturated rings. The maximum absolute atomic E-state index is 13.3. The molecule has 1 amide bonds. The van der Waals surface area contributed by atoms with Crippen LogP contribution in [0, 0.1) is 0 Å². The predicted octanol–water partition coefficient (Wildman–Crippen LogP) is 15.3. The van der Waals surface area contributed by atoms with Crippen LogP contribution in [-0.2, 0) is 23.7 Å². The van der Waals surface area contributed by atoms with Crippen LogP contribution in [0.1, 0.15) is 328 Å². The van der Waals surface area contributed by atoms with E-state index in [1.165, 1.54) is 250 Å². The van der Waals surface area contributed by atoms with E-state index in [4.69, 9.17) is 18.9 Å². The molecule has 14 nitrogen and oxygen atoms in total. The third kappa shape index (κ3) is 42.1. The molecule has 0 aromatic heterocycles. The van der Waals surface area contributed by atoms with E-state index in [9.17, 15) is 45.6 Å². The first-order chi connectivity index (χ1) is 42.6. The van der Waals surface area contributed by atoms with Crippen LogP contribution >= 0.6 is 0 Å². The molecule has 87 heavy (non-hydrogen) atoms. The fraction of sp³-hybridized carbons (Fsp3) is 0.904. The Morgan fingerprint density at radius 3 is 1.13 bits per heavy atom. The van der Waals surface area contributed by atoms with Crippen molar-refractivity contribution in [2.24, 2.45) is 0 Å². The molecule has 2 aliphatic heterocycles. The monoisotopic (exact) mass is 1240 g/mol. The van der Waals surface area contributed by atoms with Gasteiger partial charge in [0.25, 0.3) is 0 Å². The van der Waals surface area contributed by atoms with E-state index in [-0.39, 0.29) is 18.9 Å². The fourth-order valence-electron chi connectivity index (χ4n) is 12.2. The molecule has 0 saturated carbocycles. The van der Waals surface area contributed by atoms with Crippen molar-refractivity contribution in [3.8, 4) is 0 Å². The van der Waals surface area contributed by atoms with Gasteiger partial charge < -0.3 is 65.1 Å². The highest BCUT2D eigenvalue weighted by Crippen LogP contribution is 2.30. The number of unbranched alkanes of at least 4 members (excludes halogenated alkanes) is 44. The highest BCUT2D eigenvalue weighted by atomic mass is 16.7. The predicted molar refractivity (Wildman–Crippen MR) is 355 cm³/mol. The first kappa shape index (κ1) is 81.3. The van der Waals surface area contributed by atoms with Crippen LogP contribution in [0.3, 0.4) is 0 Å². The van der Waals surface area contributed by atoms with Gasteiger partial charge in [0.15, 0.2) is 12.6 Å². The Bertz CT molecular complexity index is 1600. The zero-order valence-corrected chi connectivity index (χ0v) is 55.8. The smallest absolute Gasteiger partial charge is 0.220 e. The van der Waals surface area contributed by atoms with Crippen molar-refractivity contribution in [2.45, 2.75) is 402 Å². The molecule has 9 N–H and O–H groups in total. The van der Waals surface area contributed by atoms with E-state index in [2.05, 4.69) is 43.5 Å². The van der Waals surface area contributed by atoms with Gasteiger partial charge in [0, 0.05) is 6.42 Å². The summed E-state index contributed by atoms with van der Waals surface area (Å²) in [5, 5.41) is 87.4. The molecule has 0 aliphatic carbocycles. The van der Waals surface area contributed by atoms with Crippen LogP contribution in [0.5, 0.6) is 0 Å². The zero-order chi connectivity index (χ0) is 63.1. The standard InChI is InChI=1S/C73H137NO13/c1-3-5-7-9-11-13-15-17-19-21-23-25-26-27-28-29-30-31-32-33-34-35-37-38-40-42-44-46-48-50-52-54-56-62(77)61(60-84-72-70(83)68(81)71(64(59-76)86-72)87-73-69(82)67(80)66(79)63(58-75)85-73)74-65(78)57-55-53-51-49-47-45-43-41-39-36-24-22-20-18-16-14-12-10-8-6-4-2/h38,40,46,48,54,56,61-64,66-73,75-77,79-83H,3-37,39,41-45,47,49-53,55,57-60H2,1-2H3,(H,74,78)/b40-38+,48-46+,56-54+. The number of amides is 1. The number of carbonyl (C=O) groups excluding carboxylic acids is 1. The van der Waals surface area contributed by atoms with Gasteiger partial charge in [-0.15, -0.1) is 0 Å². The lowest BCUT2D eigenvalue weighted by Gasteiger charge is -2.46. The van der Waals surface area contributed by atoms with Gasteiger partial charge in [0.2, 0.25) is 5.91 Å². The summed E-state index contributed by atoms with van der Waals surface area (Å²) in [6.07, 6.45) is 57.9. The second kappa shape index (κ2) is 58.1. The summed E-state index contributed by atoms with van der Waals surface area (Å²) in [5.74, 6) is -0.247. The molecule has 0 spiro atoms. The minimum absolute atomic E-state index is 0.247. The van der Waals surface area contributed by atoms with Crippen LogP contribution in [0.25, 0.3) is 0 Å². The van der Waals surface area contributed by atoms with Crippen LogP contribution in [0.15, 0.2) is 36.5 Å². The number of hydrogen-bond donors (Lipinski definition) is 9. The summed E-state index contributed by atoms with van der Waals surface area (Å²) in [6.45, 7) is 2.83. The van der Waals surface area contributed by atoms with E-state index in [1.807, 2.05) is 6.08 Å². The van der Waals surface area contributed by atoms with Gasteiger partial charge >= 0.3 is 0 Å². The van der Waals surface area contributed by atoms with E-state index in [1.54, 1.807) is 6.08 Å². The highest BCUT2D eigenvalue weighted by molar-refractivity contribution is 5.76. The molecular formula is C73H137NO13. The van der Waals surface area contributed by atoms with E-state index < -0.39 is 86.8 Å². The summed E-state index contributed by atoms with van der Waals surface area (Å²) >= 11 is 0. The maximum Gasteiger partial charge on any atom is 0.220 e. The number of rotatable bonds is 61. The molecule has 512 valence electrons. The average Bonchev–Trinajstić information content (AvgIpc) is 1.64. The van der Waals surface area contributed by atoms with Gasteiger partial charge in [-0.3, -0.25) is 4.79 Å². The number of aliphatic hydroxyl groups is 8. The Kier molecular flexibility index (Phi) is 54.3. The van der Waals surface area contributed by atoms with Gasteiger partial charge in [-0.25, -0.2) is 0 Å². The SMILES string of the molecule is CCCCCCCCCCCCCCCCCCCCCCCC/C=C/CC/C=C/CC/C=C/C(O)C(COC1OC(CO)C(OC2OC(CO)C(O)C(O)C2O)C(O)C1O)NC(=O)CCCCCCCCCCCCCCCCCCCCCCC. The van der Waals surface area contributed by atoms with Gasteiger partial charge in [-0.1, -0.05) is 314 Å². The van der Waals surface area contributed by atoms with Crippen molar-refractivity contribution in [3.05, 3.63) is 36.5 Å². The van der Waals surface area contributed by atoms with Crippen LogP contribution in [-0.4, -0.2) is 140 Å². The molecular weight excluding hydrogens is 1100 g/mol. The van der Waals surface area contributed by atoms with E-state index >= 15 is 0 Å². The van der Waals surface area contributed by atoms with Crippen LogP contribution < -0.4 is 5.32 Å². The normalized spacial score (nSPS) is 23.4. The van der Waals surface area contributed by atoms with Crippen molar-refractivity contribution >= 4 is 5.91 Å². The minimum Gasteiger partial charge on any atom is -0.394 e. The molecule has 0 aromatic carbocycles. The van der Waals surface area contributed by atoms with Crippen LogP contribution in [0.2, 0.25) is 0 Å². The Balaban J connectivity index is 1.68. The van der Waals surface area contributed by atoms with Crippen molar-refractivity contribution in [1.82, 2.24) is 5.32 Å². The minimum atomic E-state index is -1.79. The second-order valence-electron chi connectivity index (χ2n) is 26.1. The quantitative estimate of drug-likeness (QED) is 0.0204. The number of ether oxygens (including phenoxy) is 4. The molecule has 12 unspecified atom stereocenters. The topological polar surface area (TPSA) is 228 Å². The Hall–Kier alpha value is -1.79. The van der Waals surface area contributed by atoms with Crippen molar-refractivity contribution < 1.29 is 64.6 Å². The number of nitrogens with one attached hydrogen (secondary N) is 1. The summed E-state index contributed by atoms with van der Waals surface area (Å²) in [6, 6.07) is -0.937. The number of aliphatic hydroxyl groups excluding tert-OH is 8. The Morgan fingerprint density at radius 1 is 0.402 bits per heavy atom. The summed E-state index contributed by atoms with van der Waals surface area (Å²) < 4.78 is 22.8. The second-order valence-corrected chi connectivity index (χ2v) is 26.1. The molecule has 12 atom stereocenters. The first-order valence-corrected chi connectivity index (χ1v) is 36.7. The molecule has 2 saturated heterocycles. The first-order valence-electron chi connectivity index (χ1n) is 36.7. The van der Waals surface area contributed by atoms with Crippen LogP contribution in [0.4, 0.5) is 0 Å². The van der Waals surface area contributed by atoms with Crippen molar-refractivity contribution in [3.63, 3.8) is 0 Å². The summed E-state index contributed by atoms with van der Waals surface area (Å²) in [4.78, 5) is 13.3. The highest BCUT2D eigenvalue weighted by Gasteiger charge is 2.51. The largest absolute Gasteiger partial charge is 0.394 e. The van der Waals surface area contributed by atoms with E-state index in [0.29, 0.717) is 12.8 Å². The number of allylic oxidation sites excluding steroid dienone is 5. The van der Waals surface area contributed by atoms with Gasteiger partial charge in [-0.2, -0.15) is 0 Å². The molecule has 14 heteroatoms. The Morgan fingerprint density at radius 2 is 0.736 bits per heavy atom. The van der Waals surface area contributed by atoms with Crippen molar-refractivity contribution in [1.29, 1.82) is 0 Å². The Labute approximate surface area is 531 Å². The third-order valence-electron chi connectivity index (χ3n) is 18.1. The molecule has 0 radical (unpaired) electrons. The van der Waals surface area contributed by atoms with Gasteiger partial charge in [-0.05, 0) is 44.9 Å². The molecule has 2 aliphatic rings. The lowest BCUT2D eigenvalue weighted by Crippen LogP contribution is -2.65. The van der Waals surface area contributed by atoms with Gasteiger partial charge in [0.1, 0.15) is 48.8 Å². The molecule has 0 bridgehead atoms. The average molecular weight is 1240 g/mol. The summed E-state index contributed by atoms with van der Waals surface area (Å²) in [5.41, 5.74) is 0. The third-order valence-corrected chi connectivity index (χ3v) is 18.1. The molecule has 2 rings (SSSR count). The maximum atomic E-state index is 13.3. The zero-order valence-electron chi connectivity index (χ0n) is 55.8. The van der Waals surface area contributed by atoms with Crippen molar-refractivity contribution in [2.75, 3.05) is 19.8 Å². The lowest BCUT2D eigenvalue weighted by molar-refractivity contribution is -0.359. The molecule has 0 aromatic rings. The number of hydrogen-bond acceptors (Lipinski definition) is 13. The fourth-order valence-corrected chi connectivity index (χ4v) is 12.2. The van der Waals surface area contributed by atoms with Gasteiger partial charge in [0.05, 0.1) is 32.0 Å². The molecule has 2 heterocycles. The van der Waals surface area contributed by atoms with E-state index in [0.717, 1.165) is 44.9 Å². The lowest BCUT2D eigenvalue weighted by atomic mass is 9.97.